The lowest BCUT2D eigenvalue weighted by molar-refractivity contribution is -0.150. The number of carbonyl (C=O) groups is 1. The quantitative estimate of drug-likeness (QED) is 0.843. The molecule has 1 aromatic heterocycles. The van der Waals surface area contributed by atoms with Gasteiger partial charge in [0.05, 0.1) is 12.6 Å². The van der Waals surface area contributed by atoms with Gasteiger partial charge in [-0.15, -0.1) is 5.10 Å². The normalized spacial score (nSPS) is 27.1. The third kappa shape index (κ3) is 2.19. The Hall–Kier alpha value is -1.50. The fraction of sp³-hybridized carbons (Fsp3) is 0.846. The second kappa shape index (κ2) is 5.12. The Morgan fingerprint density at radius 2 is 2.30 bits per heavy atom. The first-order valence-corrected chi connectivity index (χ1v) is 7.42. The number of hydrogen-bond acceptors (Lipinski definition) is 5. The van der Waals surface area contributed by atoms with Crippen LogP contribution in [0.15, 0.2) is 0 Å². The van der Waals surface area contributed by atoms with Gasteiger partial charge in [-0.05, 0) is 49.1 Å². The molecule has 0 radical (unpaired) electrons. The van der Waals surface area contributed by atoms with Crippen molar-refractivity contribution >= 4 is 5.97 Å². The molecule has 1 aromatic rings. The van der Waals surface area contributed by atoms with E-state index in [1.165, 1.54) is 0 Å². The van der Waals surface area contributed by atoms with Gasteiger partial charge in [-0.25, -0.2) is 4.68 Å². The topological polar surface area (TPSA) is 84.1 Å². The molecule has 7 heteroatoms. The van der Waals surface area contributed by atoms with Gasteiger partial charge in [0.15, 0.2) is 5.82 Å². The summed E-state index contributed by atoms with van der Waals surface area (Å²) in [5.74, 6) is 0.0958. The summed E-state index contributed by atoms with van der Waals surface area (Å²) < 4.78 is 1.87. The minimum atomic E-state index is -0.727. The Labute approximate surface area is 117 Å². The number of aliphatic carboxylic acids is 1. The number of carboxylic acids is 1. The van der Waals surface area contributed by atoms with Crippen molar-refractivity contribution in [1.29, 1.82) is 0 Å². The van der Waals surface area contributed by atoms with E-state index in [0.29, 0.717) is 19.0 Å². The van der Waals surface area contributed by atoms with Crippen LogP contribution < -0.4 is 0 Å². The summed E-state index contributed by atoms with van der Waals surface area (Å²) in [6.45, 7) is 3.38. The van der Waals surface area contributed by atoms with E-state index in [2.05, 4.69) is 20.4 Å². The first kappa shape index (κ1) is 13.5. The Bertz CT molecular complexity index is 499. The van der Waals surface area contributed by atoms with Gasteiger partial charge < -0.3 is 5.11 Å². The van der Waals surface area contributed by atoms with Gasteiger partial charge in [0.1, 0.15) is 5.54 Å². The van der Waals surface area contributed by atoms with Gasteiger partial charge in [0, 0.05) is 0 Å². The molecule has 20 heavy (non-hydrogen) atoms. The third-order valence-corrected chi connectivity index (χ3v) is 4.47. The lowest BCUT2D eigenvalue weighted by Crippen LogP contribution is -2.50. The van der Waals surface area contributed by atoms with Crippen LogP contribution in [0.4, 0.5) is 0 Å². The summed E-state index contributed by atoms with van der Waals surface area (Å²) in [6, 6.07) is 0.424. The van der Waals surface area contributed by atoms with Gasteiger partial charge in [-0.2, -0.15) is 0 Å². The molecule has 7 nitrogen and oxygen atoms in total. The number of carboxylic acid groups (broad SMARTS) is 1. The fourth-order valence-corrected chi connectivity index (χ4v) is 3.30. The second-order valence-electron chi connectivity index (χ2n) is 5.88. The highest BCUT2D eigenvalue weighted by Gasteiger charge is 2.47. The molecule has 2 heterocycles. The van der Waals surface area contributed by atoms with Crippen LogP contribution in [-0.2, 0) is 11.3 Å². The van der Waals surface area contributed by atoms with Gasteiger partial charge in [-0.1, -0.05) is 13.3 Å². The van der Waals surface area contributed by atoms with Crippen molar-refractivity contribution in [3.8, 4) is 0 Å². The Morgan fingerprint density at radius 3 is 2.95 bits per heavy atom. The van der Waals surface area contributed by atoms with Crippen molar-refractivity contribution in [3.63, 3.8) is 0 Å². The zero-order valence-corrected chi connectivity index (χ0v) is 11.8. The maximum absolute atomic E-state index is 11.8. The van der Waals surface area contributed by atoms with Crippen molar-refractivity contribution in [1.82, 2.24) is 25.1 Å². The van der Waals surface area contributed by atoms with E-state index in [9.17, 15) is 9.90 Å². The molecule has 1 saturated heterocycles. The molecule has 1 aliphatic heterocycles. The van der Waals surface area contributed by atoms with E-state index < -0.39 is 11.5 Å². The molecule has 1 unspecified atom stereocenters. The molecule has 2 fully saturated rings. The van der Waals surface area contributed by atoms with Crippen molar-refractivity contribution in [3.05, 3.63) is 5.82 Å². The molecule has 1 atom stereocenters. The smallest absolute Gasteiger partial charge is 0.324 e. The molecule has 3 rings (SSSR count). The zero-order chi connectivity index (χ0) is 14.2. The highest BCUT2D eigenvalue weighted by molar-refractivity contribution is 5.79. The molecule has 2 aliphatic rings. The molecule has 110 valence electrons. The molecule has 0 amide bonds. The first-order valence-electron chi connectivity index (χ1n) is 7.42. The summed E-state index contributed by atoms with van der Waals surface area (Å²) in [5, 5.41) is 21.6. The van der Waals surface area contributed by atoms with E-state index in [1.54, 1.807) is 0 Å². The number of tetrazole rings is 1. The summed E-state index contributed by atoms with van der Waals surface area (Å²) >= 11 is 0. The van der Waals surface area contributed by atoms with Crippen LogP contribution in [0.1, 0.15) is 57.3 Å². The summed E-state index contributed by atoms with van der Waals surface area (Å²) in [5.41, 5.74) is -0.727. The highest BCUT2D eigenvalue weighted by Crippen LogP contribution is 2.37. The average molecular weight is 279 g/mol. The average Bonchev–Trinajstić information content (AvgIpc) is 3.02. The monoisotopic (exact) mass is 279 g/mol. The van der Waals surface area contributed by atoms with Crippen LogP contribution in [0.3, 0.4) is 0 Å². The lowest BCUT2D eigenvalue weighted by atomic mass is 9.90. The lowest BCUT2D eigenvalue weighted by Gasteiger charge is -2.34. The molecule has 0 bridgehead atoms. The molecule has 0 aromatic carbocycles. The highest BCUT2D eigenvalue weighted by atomic mass is 16.4. The fourth-order valence-electron chi connectivity index (χ4n) is 3.30. The first-order chi connectivity index (χ1) is 9.67. The van der Waals surface area contributed by atoms with Crippen LogP contribution in [-0.4, -0.2) is 48.3 Å². The summed E-state index contributed by atoms with van der Waals surface area (Å²) in [4.78, 5) is 13.8. The van der Waals surface area contributed by atoms with Crippen LogP contribution in [0.5, 0.6) is 0 Å². The van der Waals surface area contributed by atoms with Gasteiger partial charge in [0.2, 0.25) is 0 Å². The van der Waals surface area contributed by atoms with E-state index >= 15 is 0 Å². The molecular formula is C13H21N5O2. The van der Waals surface area contributed by atoms with Crippen LogP contribution in [0.2, 0.25) is 0 Å². The van der Waals surface area contributed by atoms with E-state index in [1.807, 2.05) is 11.6 Å². The van der Waals surface area contributed by atoms with Crippen molar-refractivity contribution in [2.75, 3.05) is 6.54 Å². The zero-order valence-electron chi connectivity index (χ0n) is 11.8. The maximum atomic E-state index is 11.8. The second-order valence-corrected chi connectivity index (χ2v) is 5.88. The number of hydrogen-bond donors (Lipinski definition) is 1. The number of nitrogens with zero attached hydrogens (tertiary/aromatic N) is 5. The Balaban J connectivity index is 1.81. The Morgan fingerprint density at radius 1 is 1.50 bits per heavy atom. The standard InChI is InChI=1S/C13H21N5O2/c1-2-6-13(12(19)20)7-3-8-17(13)9-11-14-15-16-18(11)10-4-5-10/h10H,2-9H2,1H3,(H,19,20). The molecule has 1 saturated carbocycles. The molecule has 0 spiro atoms. The molecule has 1 N–H and O–H groups in total. The molecular weight excluding hydrogens is 258 g/mol. The van der Waals surface area contributed by atoms with E-state index in [0.717, 1.165) is 44.5 Å². The predicted molar refractivity (Wildman–Crippen MR) is 71.0 cm³/mol. The largest absolute Gasteiger partial charge is 0.480 e. The van der Waals surface area contributed by atoms with Gasteiger partial charge >= 0.3 is 5.97 Å². The minimum Gasteiger partial charge on any atom is -0.480 e. The predicted octanol–water partition coefficient (Wildman–Crippen LogP) is 1.23. The van der Waals surface area contributed by atoms with Gasteiger partial charge in [0.25, 0.3) is 0 Å². The SMILES string of the molecule is CCCC1(C(=O)O)CCCN1Cc1nnnn1C1CC1. The third-order valence-electron chi connectivity index (χ3n) is 4.47. The van der Waals surface area contributed by atoms with Crippen molar-refractivity contribution in [2.45, 2.75) is 63.6 Å². The van der Waals surface area contributed by atoms with E-state index in [4.69, 9.17) is 0 Å². The number of aromatic nitrogens is 4. The Kier molecular flexibility index (Phi) is 3.45. The summed E-state index contributed by atoms with van der Waals surface area (Å²) in [6.07, 6.45) is 5.45. The number of rotatable bonds is 6. The summed E-state index contributed by atoms with van der Waals surface area (Å²) in [7, 11) is 0. The van der Waals surface area contributed by atoms with Crippen molar-refractivity contribution in [2.24, 2.45) is 0 Å². The maximum Gasteiger partial charge on any atom is 0.324 e. The van der Waals surface area contributed by atoms with Gasteiger partial charge in [-0.3, -0.25) is 9.69 Å². The van der Waals surface area contributed by atoms with Crippen molar-refractivity contribution < 1.29 is 9.90 Å². The molecule has 1 aliphatic carbocycles. The minimum absolute atomic E-state index is 0.424. The van der Waals surface area contributed by atoms with Crippen LogP contribution >= 0.6 is 0 Å². The van der Waals surface area contributed by atoms with Crippen LogP contribution in [0, 0.1) is 0 Å². The number of likely N-dealkylation sites (tertiary alicyclic amines) is 1. The van der Waals surface area contributed by atoms with E-state index in [-0.39, 0.29) is 0 Å². The van der Waals surface area contributed by atoms with Crippen LogP contribution in [0.25, 0.3) is 0 Å².